The third-order valence-electron chi connectivity index (χ3n) is 5.34. The molecule has 1 N–H and O–H groups in total. The highest BCUT2D eigenvalue weighted by Gasteiger charge is 2.25. The fourth-order valence-corrected chi connectivity index (χ4v) is 4.06. The maximum absolute atomic E-state index is 12.1. The van der Waals surface area contributed by atoms with Gasteiger partial charge >= 0.3 is 0 Å². The Balaban J connectivity index is 1.85. The van der Waals surface area contributed by atoms with Crippen molar-refractivity contribution in [3.05, 3.63) is 75.0 Å². The summed E-state index contributed by atoms with van der Waals surface area (Å²) >= 11 is 0. The molecule has 0 bridgehead atoms. The van der Waals surface area contributed by atoms with Gasteiger partial charge in [0.1, 0.15) is 11.4 Å². The van der Waals surface area contributed by atoms with E-state index in [9.17, 15) is 9.59 Å². The van der Waals surface area contributed by atoms with Crippen LogP contribution in [0.2, 0.25) is 0 Å². The summed E-state index contributed by atoms with van der Waals surface area (Å²) in [5.41, 5.74) is 0.824. The lowest BCUT2D eigenvalue weighted by Crippen LogP contribution is -2.39. The summed E-state index contributed by atoms with van der Waals surface area (Å²) in [6.07, 6.45) is 0. The first-order valence-electron chi connectivity index (χ1n) is 8.53. The first kappa shape index (κ1) is 14.9. The van der Waals surface area contributed by atoms with Gasteiger partial charge in [-0.3, -0.25) is 9.59 Å². The largest absolute Gasteiger partial charge is 0.383 e. The van der Waals surface area contributed by atoms with Crippen molar-refractivity contribution in [1.82, 2.24) is 0 Å². The number of anilines is 3. The predicted molar refractivity (Wildman–Crippen MR) is 109 cm³/mol. The van der Waals surface area contributed by atoms with E-state index in [4.69, 9.17) is 0 Å². The quantitative estimate of drug-likeness (QED) is 0.398. The van der Waals surface area contributed by atoms with Gasteiger partial charge in [0.05, 0.1) is 0 Å². The molecule has 4 nitrogen and oxygen atoms in total. The van der Waals surface area contributed by atoms with Crippen molar-refractivity contribution in [3.63, 3.8) is 0 Å². The Labute approximate surface area is 149 Å². The van der Waals surface area contributed by atoms with E-state index in [0.29, 0.717) is 11.4 Å². The number of hydrogen-bond donors (Lipinski definition) is 1. The molecule has 5 rings (SSSR count). The maximum Gasteiger partial charge on any atom is 0.253 e. The number of hydrogen-bond acceptors (Lipinski definition) is 4. The van der Waals surface area contributed by atoms with E-state index in [1.165, 1.54) is 26.9 Å². The third kappa shape index (κ3) is 1.73. The van der Waals surface area contributed by atoms with E-state index in [2.05, 4.69) is 53.8 Å². The molecule has 0 aliphatic carbocycles. The van der Waals surface area contributed by atoms with Crippen LogP contribution in [0.4, 0.5) is 17.1 Å². The average molecular weight is 340 g/mol. The molecular weight excluding hydrogens is 324 g/mol. The van der Waals surface area contributed by atoms with Gasteiger partial charge in [-0.05, 0) is 33.0 Å². The SMILES string of the molecule is CNc1c(N(C)c2ccc3ccc4cccc5ccc2c3c45)c(=O)c1=O. The molecule has 126 valence electrons. The Kier molecular flexibility index (Phi) is 2.89. The molecule has 0 atom stereocenters. The van der Waals surface area contributed by atoms with Crippen LogP contribution >= 0.6 is 0 Å². The summed E-state index contributed by atoms with van der Waals surface area (Å²) in [5.74, 6) is 0. The average Bonchev–Trinajstić information content (AvgIpc) is 2.68. The fraction of sp³-hybridized carbons (Fsp3) is 0.0909. The normalized spacial score (nSPS) is 11.8. The van der Waals surface area contributed by atoms with Gasteiger partial charge in [-0.15, -0.1) is 0 Å². The Morgan fingerprint density at radius 3 is 2.08 bits per heavy atom. The second-order valence-electron chi connectivity index (χ2n) is 6.63. The zero-order valence-corrected chi connectivity index (χ0v) is 14.5. The topological polar surface area (TPSA) is 49.4 Å². The maximum atomic E-state index is 12.1. The number of benzene rings is 4. The molecule has 0 unspecified atom stereocenters. The lowest BCUT2D eigenvalue weighted by Gasteiger charge is -2.25. The molecule has 0 aliphatic heterocycles. The van der Waals surface area contributed by atoms with Crippen molar-refractivity contribution >= 4 is 49.4 Å². The van der Waals surface area contributed by atoms with E-state index in [-0.39, 0.29) is 0 Å². The van der Waals surface area contributed by atoms with Crippen LogP contribution < -0.4 is 21.1 Å². The highest BCUT2D eigenvalue weighted by molar-refractivity contribution is 6.25. The van der Waals surface area contributed by atoms with Crippen molar-refractivity contribution < 1.29 is 0 Å². The highest BCUT2D eigenvalue weighted by Crippen LogP contribution is 2.40. The molecule has 0 fully saturated rings. The predicted octanol–water partition coefficient (Wildman–Crippen LogP) is 3.99. The zero-order valence-electron chi connectivity index (χ0n) is 14.5. The zero-order chi connectivity index (χ0) is 18.0. The molecule has 0 amide bonds. The van der Waals surface area contributed by atoms with Crippen LogP contribution in [0.1, 0.15) is 0 Å². The minimum Gasteiger partial charge on any atom is -0.383 e. The number of nitrogens with zero attached hydrogens (tertiary/aromatic N) is 1. The summed E-state index contributed by atoms with van der Waals surface area (Å²) in [7, 11) is 3.50. The molecule has 0 radical (unpaired) electrons. The standard InChI is InChI=1S/C22H16N2O2/c1-23-19-20(22(26)21(19)25)24(2)16-11-9-14-7-6-12-4-3-5-13-8-10-15(16)18(14)17(12)13/h3-11,23H,1-2H3. The second-order valence-corrected chi connectivity index (χ2v) is 6.63. The van der Waals surface area contributed by atoms with E-state index in [1.807, 2.05) is 18.0 Å². The molecule has 0 aliphatic rings. The summed E-state index contributed by atoms with van der Waals surface area (Å²) in [4.78, 5) is 25.7. The molecule has 4 heteroatoms. The van der Waals surface area contributed by atoms with Crippen molar-refractivity contribution in [2.45, 2.75) is 0 Å². The van der Waals surface area contributed by atoms with Crippen LogP contribution in [0.25, 0.3) is 32.3 Å². The van der Waals surface area contributed by atoms with Crippen molar-refractivity contribution in [2.24, 2.45) is 0 Å². The lowest BCUT2D eigenvalue weighted by molar-refractivity contribution is 1.16. The molecular formula is C22H16N2O2. The molecule has 0 saturated heterocycles. The summed E-state index contributed by atoms with van der Waals surface area (Å²) < 4.78 is 0. The van der Waals surface area contributed by atoms with E-state index in [0.717, 1.165) is 11.1 Å². The second kappa shape index (κ2) is 5.05. The van der Waals surface area contributed by atoms with Crippen molar-refractivity contribution in [1.29, 1.82) is 0 Å². The smallest absolute Gasteiger partial charge is 0.253 e. The Morgan fingerprint density at radius 2 is 1.38 bits per heavy atom. The van der Waals surface area contributed by atoms with Crippen LogP contribution in [0.3, 0.4) is 0 Å². The Hall–Kier alpha value is -3.40. The Morgan fingerprint density at radius 1 is 0.769 bits per heavy atom. The van der Waals surface area contributed by atoms with Gasteiger partial charge in [-0.1, -0.05) is 48.5 Å². The summed E-state index contributed by atoms with van der Waals surface area (Å²) in [6, 6.07) is 18.9. The van der Waals surface area contributed by atoms with Gasteiger partial charge in [0.2, 0.25) is 0 Å². The van der Waals surface area contributed by atoms with Gasteiger partial charge < -0.3 is 10.2 Å². The molecule has 5 aromatic rings. The van der Waals surface area contributed by atoms with Crippen LogP contribution in [0.15, 0.2) is 64.2 Å². The summed E-state index contributed by atoms with van der Waals surface area (Å²) in [5, 5.41) is 9.91. The number of nitrogens with one attached hydrogen (secondary N) is 1. The Bertz CT molecular complexity index is 1360. The first-order chi connectivity index (χ1) is 12.6. The molecule has 26 heavy (non-hydrogen) atoms. The van der Waals surface area contributed by atoms with Gasteiger partial charge in [0.15, 0.2) is 0 Å². The minimum atomic E-state index is -0.452. The van der Waals surface area contributed by atoms with Gasteiger partial charge in [-0.25, -0.2) is 0 Å². The van der Waals surface area contributed by atoms with Gasteiger partial charge in [0, 0.05) is 25.2 Å². The highest BCUT2D eigenvalue weighted by atomic mass is 16.2. The van der Waals surface area contributed by atoms with E-state index in [1.54, 1.807) is 7.05 Å². The molecule has 0 spiro atoms. The van der Waals surface area contributed by atoms with Crippen molar-refractivity contribution in [2.75, 3.05) is 24.3 Å². The fourth-order valence-electron chi connectivity index (χ4n) is 4.06. The van der Waals surface area contributed by atoms with Crippen LogP contribution in [0.5, 0.6) is 0 Å². The van der Waals surface area contributed by atoms with Gasteiger partial charge in [-0.2, -0.15) is 0 Å². The first-order valence-corrected chi connectivity index (χ1v) is 8.53. The van der Waals surface area contributed by atoms with Crippen LogP contribution in [-0.4, -0.2) is 14.1 Å². The third-order valence-corrected chi connectivity index (χ3v) is 5.34. The van der Waals surface area contributed by atoms with Crippen molar-refractivity contribution in [3.8, 4) is 0 Å². The monoisotopic (exact) mass is 340 g/mol. The van der Waals surface area contributed by atoms with Crippen LogP contribution in [0, 0.1) is 0 Å². The molecule has 0 heterocycles. The van der Waals surface area contributed by atoms with E-state index >= 15 is 0 Å². The molecule has 0 saturated carbocycles. The molecule has 0 aromatic heterocycles. The number of rotatable bonds is 3. The lowest BCUT2D eigenvalue weighted by atomic mass is 9.93. The minimum absolute atomic E-state index is 0.378. The van der Waals surface area contributed by atoms with Gasteiger partial charge in [0.25, 0.3) is 10.9 Å². The van der Waals surface area contributed by atoms with E-state index < -0.39 is 10.9 Å². The molecule has 5 aromatic carbocycles. The summed E-state index contributed by atoms with van der Waals surface area (Å²) in [6.45, 7) is 0. The van der Waals surface area contributed by atoms with Crippen LogP contribution in [-0.2, 0) is 0 Å².